The van der Waals surface area contributed by atoms with E-state index in [1.807, 2.05) is 18.4 Å². The molecule has 0 aliphatic carbocycles. The van der Waals surface area contributed by atoms with Crippen LogP contribution >= 0.6 is 0 Å². The first-order valence-electron chi connectivity index (χ1n) is 10.1. The standard InChI is InChI=1S/C23H22F2N6O/c1-23(2)22-29-20(15-5-8-17(24)18(25)11-15)21(28-16-6-3-14(12-26)4-7-16)30(22)9-10-31(23)19(32)13-27/h3-8,11,28H,9-10,13,27H2,1-2H3. The molecule has 0 saturated carbocycles. The van der Waals surface area contributed by atoms with Crippen molar-refractivity contribution in [3.05, 3.63) is 65.5 Å². The Bertz CT molecular complexity index is 1230. The first-order valence-corrected chi connectivity index (χ1v) is 10.1. The van der Waals surface area contributed by atoms with Crippen LogP contribution in [0.2, 0.25) is 0 Å². The smallest absolute Gasteiger partial charge is 0.237 e. The number of nitriles is 1. The van der Waals surface area contributed by atoms with Crippen LogP contribution in [0.1, 0.15) is 25.2 Å². The van der Waals surface area contributed by atoms with Crippen molar-refractivity contribution in [1.29, 1.82) is 5.26 Å². The quantitative estimate of drug-likeness (QED) is 0.652. The van der Waals surface area contributed by atoms with Gasteiger partial charge in [0.1, 0.15) is 17.3 Å². The summed E-state index contributed by atoms with van der Waals surface area (Å²) in [6.07, 6.45) is 0. The fourth-order valence-corrected chi connectivity index (χ4v) is 4.02. The predicted octanol–water partition coefficient (Wildman–Crippen LogP) is 3.48. The number of carbonyl (C=O) groups excluding carboxylic acids is 1. The van der Waals surface area contributed by atoms with Gasteiger partial charge in [-0.1, -0.05) is 0 Å². The molecule has 0 unspecified atom stereocenters. The number of anilines is 2. The third-order valence-electron chi connectivity index (χ3n) is 5.68. The van der Waals surface area contributed by atoms with E-state index in [2.05, 4.69) is 11.4 Å². The lowest BCUT2D eigenvalue weighted by Crippen LogP contribution is -2.53. The van der Waals surface area contributed by atoms with Gasteiger partial charge in [0.2, 0.25) is 5.91 Å². The molecule has 32 heavy (non-hydrogen) atoms. The van der Waals surface area contributed by atoms with E-state index >= 15 is 0 Å². The molecule has 0 bridgehead atoms. The summed E-state index contributed by atoms with van der Waals surface area (Å²) >= 11 is 0. The zero-order valence-electron chi connectivity index (χ0n) is 17.7. The minimum atomic E-state index is -0.975. The number of carbonyl (C=O) groups is 1. The highest BCUT2D eigenvalue weighted by atomic mass is 19.2. The summed E-state index contributed by atoms with van der Waals surface area (Å²) in [6, 6.07) is 12.6. The van der Waals surface area contributed by atoms with Gasteiger partial charge in [-0.25, -0.2) is 13.8 Å². The number of benzene rings is 2. The molecule has 0 atom stereocenters. The average molecular weight is 436 g/mol. The van der Waals surface area contributed by atoms with E-state index in [4.69, 9.17) is 16.0 Å². The fraction of sp³-hybridized carbons (Fsp3) is 0.261. The van der Waals surface area contributed by atoms with Crippen molar-refractivity contribution in [1.82, 2.24) is 14.5 Å². The minimum Gasteiger partial charge on any atom is -0.340 e. The van der Waals surface area contributed by atoms with Crippen LogP contribution in [0.4, 0.5) is 20.3 Å². The van der Waals surface area contributed by atoms with Gasteiger partial charge in [-0.05, 0) is 56.3 Å². The van der Waals surface area contributed by atoms with Crippen molar-refractivity contribution in [2.45, 2.75) is 25.9 Å². The van der Waals surface area contributed by atoms with Crippen molar-refractivity contribution >= 4 is 17.4 Å². The fourth-order valence-electron chi connectivity index (χ4n) is 4.02. The second kappa shape index (κ2) is 8.05. The van der Waals surface area contributed by atoms with Crippen LogP contribution in [-0.4, -0.2) is 33.4 Å². The number of hydrogen-bond acceptors (Lipinski definition) is 5. The number of hydrogen-bond donors (Lipinski definition) is 2. The van der Waals surface area contributed by atoms with E-state index in [1.165, 1.54) is 6.07 Å². The van der Waals surface area contributed by atoms with E-state index in [-0.39, 0.29) is 12.5 Å². The van der Waals surface area contributed by atoms with Gasteiger partial charge >= 0.3 is 0 Å². The lowest BCUT2D eigenvalue weighted by atomic mass is 9.99. The van der Waals surface area contributed by atoms with Gasteiger partial charge in [-0.3, -0.25) is 4.79 Å². The van der Waals surface area contributed by atoms with Gasteiger partial charge in [0.05, 0.1) is 23.7 Å². The zero-order chi connectivity index (χ0) is 23.0. The second-order valence-electron chi connectivity index (χ2n) is 8.04. The molecule has 0 saturated heterocycles. The second-order valence-corrected chi connectivity index (χ2v) is 8.04. The van der Waals surface area contributed by atoms with Crippen LogP contribution in [0.25, 0.3) is 11.3 Å². The van der Waals surface area contributed by atoms with Crippen LogP contribution in [-0.2, 0) is 16.9 Å². The molecular weight excluding hydrogens is 414 g/mol. The Morgan fingerprint density at radius 3 is 2.53 bits per heavy atom. The maximum Gasteiger partial charge on any atom is 0.237 e. The first kappa shape index (κ1) is 21.5. The molecule has 1 aliphatic rings. The molecule has 1 amide bonds. The number of nitrogens with zero attached hydrogens (tertiary/aromatic N) is 4. The molecule has 2 aromatic carbocycles. The van der Waals surface area contributed by atoms with E-state index < -0.39 is 17.2 Å². The Morgan fingerprint density at radius 1 is 1.19 bits per heavy atom. The number of nitrogens with two attached hydrogens (primary N) is 1. The highest BCUT2D eigenvalue weighted by Gasteiger charge is 2.41. The van der Waals surface area contributed by atoms with Gasteiger partial charge in [0.15, 0.2) is 11.6 Å². The summed E-state index contributed by atoms with van der Waals surface area (Å²) in [5, 5.41) is 12.3. The molecule has 1 aromatic heterocycles. The Kier molecular flexibility index (Phi) is 5.40. The van der Waals surface area contributed by atoms with Gasteiger partial charge in [0, 0.05) is 24.3 Å². The summed E-state index contributed by atoms with van der Waals surface area (Å²) in [5.41, 5.74) is 6.87. The monoisotopic (exact) mass is 436 g/mol. The van der Waals surface area contributed by atoms with E-state index in [0.29, 0.717) is 47.2 Å². The molecule has 2 heterocycles. The Morgan fingerprint density at radius 2 is 1.91 bits per heavy atom. The molecule has 3 aromatic rings. The molecule has 4 rings (SSSR count). The van der Waals surface area contributed by atoms with Gasteiger partial charge in [0.25, 0.3) is 0 Å². The Labute approximate surface area is 184 Å². The number of halogens is 2. The number of rotatable bonds is 4. The van der Waals surface area contributed by atoms with Crippen molar-refractivity contribution in [2.24, 2.45) is 5.73 Å². The molecule has 0 fully saturated rings. The van der Waals surface area contributed by atoms with Crippen LogP contribution in [0.15, 0.2) is 42.5 Å². The topological polar surface area (TPSA) is 100.0 Å². The minimum absolute atomic E-state index is 0.115. The van der Waals surface area contributed by atoms with Gasteiger partial charge in [-0.2, -0.15) is 5.26 Å². The summed E-state index contributed by atoms with van der Waals surface area (Å²) in [7, 11) is 0. The van der Waals surface area contributed by atoms with Crippen molar-refractivity contribution in [3.8, 4) is 17.3 Å². The molecule has 0 radical (unpaired) electrons. The largest absolute Gasteiger partial charge is 0.340 e. The normalized spacial score (nSPS) is 14.6. The highest BCUT2D eigenvalue weighted by molar-refractivity contribution is 5.80. The van der Waals surface area contributed by atoms with E-state index in [1.54, 1.807) is 29.2 Å². The molecule has 3 N–H and O–H groups in total. The van der Waals surface area contributed by atoms with Crippen LogP contribution in [0, 0.1) is 23.0 Å². The van der Waals surface area contributed by atoms with Crippen molar-refractivity contribution in [2.75, 3.05) is 18.4 Å². The molecule has 164 valence electrons. The maximum atomic E-state index is 14.0. The van der Waals surface area contributed by atoms with Crippen LogP contribution < -0.4 is 11.1 Å². The molecule has 0 spiro atoms. The van der Waals surface area contributed by atoms with Crippen molar-refractivity contribution < 1.29 is 13.6 Å². The first-order chi connectivity index (χ1) is 15.3. The average Bonchev–Trinajstić information content (AvgIpc) is 3.15. The number of nitrogens with one attached hydrogen (secondary N) is 1. The Hall–Kier alpha value is -3.77. The SMILES string of the molecule is CC1(C)c2nc(-c3ccc(F)c(F)c3)c(Nc3ccc(C#N)cc3)n2CCN1C(=O)CN. The lowest BCUT2D eigenvalue weighted by molar-refractivity contribution is -0.137. The summed E-state index contributed by atoms with van der Waals surface area (Å²) < 4.78 is 29.5. The third kappa shape index (κ3) is 3.59. The summed E-state index contributed by atoms with van der Waals surface area (Å²) in [6.45, 7) is 4.50. The number of aromatic nitrogens is 2. The molecule has 7 nitrogen and oxygen atoms in total. The van der Waals surface area contributed by atoms with Gasteiger partial charge in [-0.15, -0.1) is 0 Å². The van der Waals surface area contributed by atoms with Crippen LogP contribution in [0.5, 0.6) is 0 Å². The third-order valence-corrected chi connectivity index (χ3v) is 5.68. The number of imidazole rings is 1. The van der Waals surface area contributed by atoms with Crippen LogP contribution in [0.3, 0.4) is 0 Å². The predicted molar refractivity (Wildman–Crippen MR) is 116 cm³/mol. The summed E-state index contributed by atoms with van der Waals surface area (Å²) in [4.78, 5) is 18.9. The molecular formula is C23H22F2N6O. The van der Waals surface area contributed by atoms with E-state index in [9.17, 15) is 13.6 Å². The molecule has 9 heteroatoms. The summed E-state index contributed by atoms with van der Waals surface area (Å²) in [5.74, 6) is -0.929. The Balaban J connectivity index is 1.87. The number of amides is 1. The lowest BCUT2D eigenvalue weighted by Gasteiger charge is -2.42. The van der Waals surface area contributed by atoms with Crippen molar-refractivity contribution in [3.63, 3.8) is 0 Å². The van der Waals surface area contributed by atoms with Gasteiger partial charge < -0.3 is 20.5 Å². The maximum absolute atomic E-state index is 14.0. The zero-order valence-corrected chi connectivity index (χ0v) is 17.7. The number of fused-ring (bicyclic) bond motifs is 1. The molecule has 1 aliphatic heterocycles. The van der Waals surface area contributed by atoms with E-state index in [0.717, 1.165) is 12.1 Å². The highest BCUT2D eigenvalue weighted by Crippen LogP contribution is 2.39.